The number of hydrogen-bond acceptors (Lipinski definition) is 3. The summed E-state index contributed by atoms with van der Waals surface area (Å²) in [4.78, 5) is 18.5. The lowest BCUT2D eigenvalue weighted by Gasteiger charge is -2.21. The monoisotopic (exact) mass is 365 g/mol. The fourth-order valence-corrected chi connectivity index (χ4v) is 2.57. The number of nitrogens with one attached hydrogen (secondary N) is 1. The van der Waals surface area contributed by atoms with Crippen LogP contribution < -0.4 is 5.32 Å². The van der Waals surface area contributed by atoms with Crippen LogP contribution in [0.4, 0.5) is 24.5 Å². The number of anilines is 2. The topological polar surface area (TPSA) is 45.2 Å². The number of hydrogen-bond donors (Lipinski definition) is 1. The molecule has 0 bridgehead atoms. The standard InChI is InChI=1S/C19H22F3N3O/c1-3-9-25(10-4-2)18(26)14-11-17(13-23-12-14)24-16-7-5-15(6-8-16)19(20,21)22/h5-8,11-13,24H,3-4,9-10H2,1-2H3. The molecule has 1 aromatic carbocycles. The number of rotatable bonds is 7. The Kier molecular flexibility index (Phi) is 6.60. The molecule has 0 radical (unpaired) electrons. The Morgan fingerprint density at radius 1 is 1.04 bits per heavy atom. The number of benzene rings is 1. The van der Waals surface area contributed by atoms with Crippen LogP contribution in [0, 0.1) is 0 Å². The highest BCUT2D eigenvalue weighted by Crippen LogP contribution is 2.30. The molecule has 0 aliphatic heterocycles. The Labute approximate surface area is 151 Å². The Morgan fingerprint density at radius 3 is 2.19 bits per heavy atom. The van der Waals surface area contributed by atoms with E-state index >= 15 is 0 Å². The molecule has 1 amide bonds. The van der Waals surface area contributed by atoms with E-state index in [1.807, 2.05) is 13.8 Å². The number of nitrogens with zero attached hydrogens (tertiary/aromatic N) is 2. The molecule has 0 fully saturated rings. The lowest BCUT2D eigenvalue weighted by Crippen LogP contribution is -2.32. The van der Waals surface area contributed by atoms with Gasteiger partial charge in [0, 0.05) is 25.0 Å². The van der Waals surface area contributed by atoms with Crippen LogP contribution >= 0.6 is 0 Å². The van der Waals surface area contributed by atoms with Gasteiger partial charge in [-0.25, -0.2) is 0 Å². The summed E-state index contributed by atoms with van der Waals surface area (Å²) in [5, 5.41) is 2.98. The molecule has 0 aliphatic carbocycles. The molecule has 4 nitrogen and oxygen atoms in total. The van der Waals surface area contributed by atoms with E-state index in [0.29, 0.717) is 30.0 Å². The van der Waals surface area contributed by atoms with Gasteiger partial charge in [-0.05, 0) is 43.2 Å². The summed E-state index contributed by atoms with van der Waals surface area (Å²) in [6.07, 6.45) is 0.386. The molecule has 7 heteroatoms. The van der Waals surface area contributed by atoms with Crippen molar-refractivity contribution < 1.29 is 18.0 Å². The molecule has 0 aliphatic rings. The van der Waals surface area contributed by atoms with Crippen LogP contribution in [0.15, 0.2) is 42.7 Å². The first-order valence-electron chi connectivity index (χ1n) is 8.53. The van der Waals surface area contributed by atoms with Crippen LogP contribution in [0.25, 0.3) is 0 Å². The normalized spacial score (nSPS) is 11.3. The van der Waals surface area contributed by atoms with E-state index in [9.17, 15) is 18.0 Å². The lowest BCUT2D eigenvalue weighted by molar-refractivity contribution is -0.137. The zero-order valence-corrected chi connectivity index (χ0v) is 14.8. The van der Waals surface area contributed by atoms with E-state index in [2.05, 4.69) is 10.3 Å². The van der Waals surface area contributed by atoms with Crippen molar-refractivity contribution in [3.8, 4) is 0 Å². The first kappa shape index (κ1) is 19.8. The highest BCUT2D eigenvalue weighted by Gasteiger charge is 2.29. The lowest BCUT2D eigenvalue weighted by atomic mass is 10.2. The minimum absolute atomic E-state index is 0.0998. The number of carbonyl (C=O) groups is 1. The molecule has 1 heterocycles. The predicted molar refractivity (Wildman–Crippen MR) is 95.4 cm³/mol. The van der Waals surface area contributed by atoms with Crippen LogP contribution in [0.5, 0.6) is 0 Å². The van der Waals surface area contributed by atoms with Crippen LogP contribution in [0.2, 0.25) is 0 Å². The van der Waals surface area contributed by atoms with E-state index in [-0.39, 0.29) is 5.91 Å². The smallest absolute Gasteiger partial charge is 0.354 e. The van der Waals surface area contributed by atoms with Crippen molar-refractivity contribution in [2.24, 2.45) is 0 Å². The summed E-state index contributed by atoms with van der Waals surface area (Å²) in [6, 6.07) is 6.37. The molecule has 0 unspecified atom stereocenters. The molecule has 1 aromatic heterocycles. The van der Waals surface area contributed by atoms with Gasteiger partial charge in [-0.15, -0.1) is 0 Å². The maximum atomic E-state index is 12.6. The van der Waals surface area contributed by atoms with E-state index in [1.165, 1.54) is 24.5 Å². The second kappa shape index (κ2) is 8.69. The fourth-order valence-electron chi connectivity index (χ4n) is 2.57. The van der Waals surface area contributed by atoms with Crippen LogP contribution in [-0.2, 0) is 6.18 Å². The molecule has 0 saturated heterocycles. The van der Waals surface area contributed by atoms with Gasteiger partial charge in [0.1, 0.15) is 0 Å². The van der Waals surface area contributed by atoms with Crippen molar-refractivity contribution in [1.82, 2.24) is 9.88 Å². The van der Waals surface area contributed by atoms with Crippen LogP contribution in [0.3, 0.4) is 0 Å². The summed E-state index contributed by atoms with van der Waals surface area (Å²) >= 11 is 0. The Morgan fingerprint density at radius 2 is 1.65 bits per heavy atom. The first-order chi connectivity index (χ1) is 12.3. The van der Waals surface area contributed by atoms with Crippen LogP contribution in [-0.4, -0.2) is 28.9 Å². The van der Waals surface area contributed by atoms with Gasteiger partial charge in [-0.3, -0.25) is 9.78 Å². The number of amides is 1. The maximum Gasteiger partial charge on any atom is 0.416 e. The highest BCUT2D eigenvalue weighted by atomic mass is 19.4. The van der Waals surface area contributed by atoms with Gasteiger partial charge in [-0.2, -0.15) is 13.2 Å². The SMILES string of the molecule is CCCN(CCC)C(=O)c1cncc(Nc2ccc(C(F)(F)F)cc2)c1. The summed E-state index contributed by atoms with van der Waals surface area (Å²) in [6.45, 7) is 5.36. The van der Waals surface area contributed by atoms with E-state index in [0.717, 1.165) is 25.0 Å². The van der Waals surface area contributed by atoms with Gasteiger partial charge in [-0.1, -0.05) is 13.8 Å². The molecule has 1 N–H and O–H groups in total. The van der Waals surface area contributed by atoms with Gasteiger partial charge in [0.2, 0.25) is 0 Å². The molecular formula is C19H22F3N3O. The maximum absolute atomic E-state index is 12.6. The van der Waals surface area contributed by atoms with Crippen molar-refractivity contribution in [2.45, 2.75) is 32.9 Å². The van der Waals surface area contributed by atoms with Gasteiger partial charge >= 0.3 is 6.18 Å². The van der Waals surface area contributed by atoms with E-state index in [4.69, 9.17) is 0 Å². The molecule has 26 heavy (non-hydrogen) atoms. The quantitative estimate of drug-likeness (QED) is 0.742. The molecule has 2 rings (SSSR count). The van der Waals surface area contributed by atoms with Crippen molar-refractivity contribution in [2.75, 3.05) is 18.4 Å². The minimum atomic E-state index is -4.37. The molecular weight excluding hydrogens is 343 g/mol. The van der Waals surface area contributed by atoms with Crippen molar-refractivity contribution in [3.05, 3.63) is 53.9 Å². The average Bonchev–Trinajstić information content (AvgIpc) is 2.61. The molecule has 0 spiro atoms. The molecule has 140 valence electrons. The van der Waals surface area contributed by atoms with Gasteiger partial charge in [0.05, 0.1) is 23.0 Å². The second-order valence-corrected chi connectivity index (χ2v) is 5.95. The average molecular weight is 365 g/mol. The third kappa shape index (κ3) is 5.21. The summed E-state index contributed by atoms with van der Waals surface area (Å²) in [5.74, 6) is -0.0998. The van der Waals surface area contributed by atoms with Gasteiger partial charge in [0.25, 0.3) is 5.91 Å². The summed E-state index contributed by atoms with van der Waals surface area (Å²) in [5.41, 5.74) is 0.774. The van der Waals surface area contributed by atoms with Crippen molar-refractivity contribution in [1.29, 1.82) is 0 Å². The molecule has 0 saturated carbocycles. The highest BCUT2D eigenvalue weighted by molar-refractivity contribution is 5.94. The van der Waals surface area contributed by atoms with E-state index in [1.54, 1.807) is 11.0 Å². The minimum Gasteiger partial charge on any atom is -0.354 e. The number of halogens is 3. The van der Waals surface area contributed by atoms with Gasteiger partial charge in [0.15, 0.2) is 0 Å². The predicted octanol–water partition coefficient (Wildman–Crippen LogP) is 5.11. The molecule has 2 aromatic rings. The number of alkyl halides is 3. The summed E-state index contributed by atoms with van der Waals surface area (Å²) in [7, 11) is 0. The van der Waals surface area contributed by atoms with Crippen LogP contribution in [0.1, 0.15) is 42.6 Å². The zero-order valence-electron chi connectivity index (χ0n) is 14.8. The number of carbonyl (C=O) groups excluding carboxylic acids is 1. The van der Waals surface area contributed by atoms with Crippen molar-refractivity contribution in [3.63, 3.8) is 0 Å². The second-order valence-electron chi connectivity index (χ2n) is 5.95. The number of pyridine rings is 1. The first-order valence-corrected chi connectivity index (χ1v) is 8.53. The van der Waals surface area contributed by atoms with Gasteiger partial charge < -0.3 is 10.2 Å². The Bertz CT molecular complexity index is 724. The third-order valence-electron chi connectivity index (χ3n) is 3.76. The van der Waals surface area contributed by atoms with Crippen molar-refractivity contribution >= 4 is 17.3 Å². The Balaban J connectivity index is 2.14. The number of aromatic nitrogens is 1. The Hall–Kier alpha value is -2.57. The largest absolute Gasteiger partial charge is 0.416 e. The zero-order chi connectivity index (χ0) is 19.2. The van der Waals surface area contributed by atoms with E-state index < -0.39 is 11.7 Å². The molecule has 0 atom stereocenters. The fraction of sp³-hybridized carbons (Fsp3) is 0.368. The summed E-state index contributed by atoms with van der Waals surface area (Å²) < 4.78 is 37.9. The third-order valence-corrected chi connectivity index (χ3v) is 3.76.